The molecule has 2 aliphatic carbocycles. The van der Waals surface area contributed by atoms with Gasteiger partial charge in [-0.1, -0.05) is 93.8 Å². The van der Waals surface area contributed by atoms with Crippen LogP contribution in [0.1, 0.15) is 105 Å². The minimum absolute atomic E-state index is 0.101. The van der Waals surface area contributed by atoms with Crippen molar-refractivity contribution >= 4 is 13.2 Å². The Bertz CT molecular complexity index is 667. The van der Waals surface area contributed by atoms with E-state index in [-0.39, 0.29) is 13.3 Å². The molecule has 1 aromatic rings. The fraction of sp³-hybridized carbons (Fsp3) is 0.786. The van der Waals surface area contributed by atoms with Crippen molar-refractivity contribution in [2.24, 2.45) is 23.7 Å². The SMILES string of the molecule is Cc1c(P(C2CCC[C@@H](C)C2)C2C[C@H](C)CC[C@H]2C(C)C)cccc1C(C)(C)C. The largest absolute Gasteiger partial charge is 0.0684 e. The minimum atomic E-state index is -0.101. The molecule has 0 aliphatic heterocycles. The molecule has 0 radical (unpaired) electrons. The Morgan fingerprint density at radius 2 is 1.62 bits per heavy atom. The molecular weight excluding hydrogens is 367 g/mol. The van der Waals surface area contributed by atoms with Crippen LogP contribution < -0.4 is 5.30 Å². The molecule has 0 nitrogen and oxygen atoms in total. The van der Waals surface area contributed by atoms with Gasteiger partial charge in [-0.05, 0) is 89.4 Å². The predicted octanol–water partition coefficient (Wildman–Crippen LogP) is 8.44. The summed E-state index contributed by atoms with van der Waals surface area (Å²) in [6.45, 7) is 19.7. The summed E-state index contributed by atoms with van der Waals surface area (Å²) >= 11 is 0. The summed E-state index contributed by atoms with van der Waals surface area (Å²) in [5, 5.41) is 1.77. The van der Waals surface area contributed by atoms with Crippen LogP contribution in [-0.2, 0) is 5.41 Å². The molecule has 0 N–H and O–H groups in total. The molecule has 2 saturated carbocycles. The van der Waals surface area contributed by atoms with Crippen molar-refractivity contribution in [3.05, 3.63) is 29.3 Å². The van der Waals surface area contributed by atoms with Crippen LogP contribution in [0.3, 0.4) is 0 Å². The molecular formula is C28H47P. The van der Waals surface area contributed by atoms with Crippen LogP contribution in [0.4, 0.5) is 0 Å². The van der Waals surface area contributed by atoms with Gasteiger partial charge in [0, 0.05) is 0 Å². The zero-order chi connectivity index (χ0) is 21.3. The van der Waals surface area contributed by atoms with E-state index in [0.717, 1.165) is 35.0 Å². The van der Waals surface area contributed by atoms with Gasteiger partial charge in [-0.25, -0.2) is 0 Å². The average molecular weight is 415 g/mol. The number of rotatable bonds is 4. The molecule has 0 spiro atoms. The van der Waals surface area contributed by atoms with Gasteiger partial charge in [-0.2, -0.15) is 0 Å². The fourth-order valence-corrected chi connectivity index (χ4v) is 11.1. The van der Waals surface area contributed by atoms with Crippen LogP contribution in [0.25, 0.3) is 0 Å². The smallest absolute Gasteiger partial charge is 0.0129 e. The third kappa shape index (κ3) is 5.29. The lowest BCUT2D eigenvalue weighted by Crippen LogP contribution is -2.38. The lowest BCUT2D eigenvalue weighted by Gasteiger charge is -2.47. The molecule has 2 aliphatic rings. The van der Waals surface area contributed by atoms with Crippen LogP contribution in [0, 0.1) is 30.6 Å². The Kier molecular flexibility index (Phi) is 7.58. The maximum Gasteiger partial charge on any atom is -0.0129 e. The highest BCUT2D eigenvalue weighted by atomic mass is 31.1. The summed E-state index contributed by atoms with van der Waals surface area (Å²) < 4.78 is 0. The van der Waals surface area contributed by atoms with Gasteiger partial charge >= 0.3 is 0 Å². The van der Waals surface area contributed by atoms with E-state index >= 15 is 0 Å². The summed E-state index contributed by atoms with van der Waals surface area (Å²) in [5.41, 5.74) is 5.32. The molecule has 0 saturated heterocycles. The normalized spacial score (nSPS) is 32.4. The van der Waals surface area contributed by atoms with Gasteiger partial charge in [0.2, 0.25) is 0 Å². The summed E-state index contributed by atoms with van der Waals surface area (Å²) in [6.07, 6.45) is 10.2. The Hall–Kier alpha value is -0.350. The van der Waals surface area contributed by atoms with Gasteiger partial charge in [0.1, 0.15) is 0 Å². The van der Waals surface area contributed by atoms with Crippen LogP contribution >= 0.6 is 7.92 Å². The zero-order valence-electron chi connectivity index (χ0n) is 20.6. The lowest BCUT2D eigenvalue weighted by atomic mass is 9.77. The van der Waals surface area contributed by atoms with Gasteiger partial charge in [0.15, 0.2) is 0 Å². The minimum Gasteiger partial charge on any atom is -0.0684 e. The zero-order valence-corrected chi connectivity index (χ0v) is 21.5. The van der Waals surface area contributed by atoms with Crippen molar-refractivity contribution in [1.82, 2.24) is 0 Å². The van der Waals surface area contributed by atoms with E-state index in [9.17, 15) is 0 Å². The van der Waals surface area contributed by atoms with E-state index < -0.39 is 0 Å². The second-order valence-electron chi connectivity index (χ2n) is 11.9. The van der Waals surface area contributed by atoms with Crippen molar-refractivity contribution in [1.29, 1.82) is 0 Å². The summed E-state index contributed by atoms with van der Waals surface area (Å²) in [5.74, 6) is 3.58. The molecule has 0 heterocycles. The van der Waals surface area contributed by atoms with Crippen molar-refractivity contribution in [3.63, 3.8) is 0 Å². The average Bonchev–Trinajstić information content (AvgIpc) is 2.62. The molecule has 0 amide bonds. The molecule has 0 aromatic heterocycles. The lowest BCUT2D eigenvalue weighted by molar-refractivity contribution is 0.239. The van der Waals surface area contributed by atoms with Gasteiger partial charge < -0.3 is 0 Å². The van der Waals surface area contributed by atoms with Crippen LogP contribution in [0.2, 0.25) is 0 Å². The highest BCUT2D eigenvalue weighted by Gasteiger charge is 2.41. The van der Waals surface area contributed by atoms with Crippen LogP contribution in [0.5, 0.6) is 0 Å². The highest BCUT2D eigenvalue weighted by molar-refractivity contribution is 7.67. The van der Waals surface area contributed by atoms with E-state index in [1.165, 1.54) is 44.9 Å². The van der Waals surface area contributed by atoms with E-state index in [0.29, 0.717) is 0 Å². The van der Waals surface area contributed by atoms with Gasteiger partial charge in [-0.15, -0.1) is 0 Å². The van der Waals surface area contributed by atoms with Crippen molar-refractivity contribution in [3.8, 4) is 0 Å². The number of hydrogen-bond acceptors (Lipinski definition) is 0. The first-order valence-corrected chi connectivity index (χ1v) is 14.0. The fourth-order valence-electron chi connectivity index (χ4n) is 6.49. The summed E-state index contributed by atoms with van der Waals surface area (Å²) in [4.78, 5) is 0. The summed E-state index contributed by atoms with van der Waals surface area (Å²) in [6, 6.07) is 7.34. The molecule has 6 atom stereocenters. The van der Waals surface area contributed by atoms with E-state index in [1.807, 2.05) is 0 Å². The van der Waals surface area contributed by atoms with Crippen molar-refractivity contribution in [2.75, 3.05) is 0 Å². The number of benzene rings is 1. The third-order valence-corrected chi connectivity index (χ3v) is 11.6. The molecule has 3 rings (SSSR count). The molecule has 29 heavy (non-hydrogen) atoms. The monoisotopic (exact) mass is 414 g/mol. The van der Waals surface area contributed by atoms with Crippen LogP contribution in [-0.4, -0.2) is 11.3 Å². The summed E-state index contributed by atoms with van der Waals surface area (Å²) in [7, 11) is -0.101. The number of hydrogen-bond donors (Lipinski definition) is 0. The van der Waals surface area contributed by atoms with Gasteiger partial charge in [-0.3, -0.25) is 0 Å². The molecule has 3 unspecified atom stereocenters. The first kappa shape index (κ1) is 23.3. The molecule has 1 heteroatoms. The Balaban J connectivity index is 2.09. The second kappa shape index (κ2) is 9.42. The standard InChI is InChI=1S/C28H47P/c1-19(2)24-16-15-21(4)18-27(24)29(23-12-9-11-20(3)17-23)26-14-10-13-25(22(26)5)28(6,7)8/h10,13-14,19-21,23-24,27H,9,11-12,15-18H2,1-8H3/t20-,21-,23?,24+,27?,29?/m1/s1. The van der Waals surface area contributed by atoms with Crippen molar-refractivity contribution in [2.45, 2.75) is 117 Å². The Morgan fingerprint density at radius 3 is 2.24 bits per heavy atom. The molecule has 2 fully saturated rings. The highest BCUT2D eigenvalue weighted by Crippen LogP contribution is 2.59. The first-order chi connectivity index (χ1) is 13.6. The molecule has 0 bridgehead atoms. The molecule has 1 aromatic carbocycles. The maximum atomic E-state index is 2.55. The van der Waals surface area contributed by atoms with Crippen molar-refractivity contribution < 1.29 is 0 Å². The maximum absolute atomic E-state index is 2.55. The van der Waals surface area contributed by atoms with Gasteiger partial charge in [0.05, 0.1) is 0 Å². The first-order valence-electron chi connectivity index (χ1n) is 12.5. The van der Waals surface area contributed by atoms with E-state index in [1.54, 1.807) is 16.4 Å². The quantitative estimate of drug-likeness (QED) is 0.434. The van der Waals surface area contributed by atoms with Crippen LogP contribution in [0.15, 0.2) is 18.2 Å². The van der Waals surface area contributed by atoms with Gasteiger partial charge in [0.25, 0.3) is 0 Å². The Morgan fingerprint density at radius 1 is 0.931 bits per heavy atom. The Labute approximate surface area is 183 Å². The topological polar surface area (TPSA) is 0 Å². The van der Waals surface area contributed by atoms with E-state index in [4.69, 9.17) is 0 Å². The molecule has 164 valence electrons. The third-order valence-electron chi connectivity index (χ3n) is 8.04. The second-order valence-corrected chi connectivity index (χ2v) is 14.6. The van der Waals surface area contributed by atoms with E-state index in [2.05, 4.69) is 73.6 Å². The predicted molar refractivity (Wildman–Crippen MR) is 133 cm³/mol.